The Labute approximate surface area is 303 Å². The van der Waals surface area contributed by atoms with Crippen molar-refractivity contribution in [3.63, 3.8) is 0 Å². The van der Waals surface area contributed by atoms with Crippen LogP contribution in [0.25, 0.3) is 98.7 Å². The summed E-state index contributed by atoms with van der Waals surface area (Å²) in [5.74, 6) is 0. The van der Waals surface area contributed by atoms with Crippen LogP contribution in [0.5, 0.6) is 0 Å². The zero-order valence-corrected chi connectivity index (χ0v) is 28.6. The molecule has 0 spiro atoms. The fourth-order valence-electron chi connectivity index (χ4n) is 8.03. The molecule has 0 saturated carbocycles. The molecule has 10 aromatic rings. The highest BCUT2D eigenvalue weighted by Crippen LogP contribution is 2.41. The van der Waals surface area contributed by atoms with Gasteiger partial charge in [0.2, 0.25) is 0 Å². The smallest absolute Gasteiger partial charge is 0.00987 e. The lowest BCUT2D eigenvalue weighted by Crippen LogP contribution is -1.89. The summed E-state index contributed by atoms with van der Waals surface area (Å²) in [6.07, 6.45) is 0. The molecule has 52 heavy (non-hydrogen) atoms. The molecule has 0 aliphatic rings. The monoisotopic (exact) mass is 658 g/mol. The van der Waals surface area contributed by atoms with E-state index in [2.05, 4.69) is 206 Å². The molecule has 0 heteroatoms. The van der Waals surface area contributed by atoms with Crippen LogP contribution in [0, 0.1) is 0 Å². The number of fused-ring (bicyclic) bond motifs is 4. The molecule has 242 valence electrons. The first-order valence-electron chi connectivity index (χ1n) is 18.0. The Morgan fingerprint density at radius 3 is 1.00 bits per heavy atom. The Morgan fingerprint density at radius 1 is 0.173 bits per heavy atom. The van der Waals surface area contributed by atoms with Crippen molar-refractivity contribution in [1.29, 1.82) is 0 Å². The van der Waals surface area contributed by atoms with E-state index < -0.39 is 0 Å². The van der Waals surface area contributed by atoms with Gasteiger partial charge in [-0.1, -0.05) is 182 Å². The van der Waals surface area contributed by atoms with Gasteiger partial charge in [-0.25, -0.2) is 0 Å². The molecule has 0 amide bonds. The number of hydrogen-bond acceptors (Lipinski definition) is 0. The normalized spacial score (nSPS) is 11.5. The molecule has 10 rings (SSSR count). The van der Waals surface area contributed by atoms with E-state index in [4.69, 9.17) is 0 Å². The van der Waals surface area contributed by atoms with E-state index in [9.17, 15) is 0 Å². The minimum absolute atomic E-state index is 1.23. The van der Waals surface area contributed by atoms with Gasteiger partial charge in [0.1, 0.15) is 0 Å². The molecule has 0 unspecified atom stereocenters. The maximum atomic E-state index is 2.34. The van der Waals surface area contributed by atoms with Crippen LogP contribution in [0.4, 0.5) is 0 Å². The molecule has 0 atom stereocenters. The first kappa shape index (κ1) is 30.1. The van der Waals surface area contributed by atoms with Crippen molar-refractivity contribution in [2.45, 2.75) is 0 Å². The van der Waals surface area contributed by atoms with Gasteiger partial charge in [0.05, 0.1) is 0 Å². The van der Waals surface area contributed by atoms with Crippen LogP contribution in [-0.2, 0) is 0 Å². The van der Waals surface area contributed by atoms with Crippen LogP contribution in [0.1, 0.15) is 0 Å². The summed E-state index contributed by atoms with van der Waals surface area (Å²) in [6.45, 7) is 0. The van der Waals surface area contributed by atoms with Gasteiger partial charge in [0.25, 0.3) is 0 Å². The zero-order valence-electron chi connectivity index (χ0n) is 28.6. The van der Waals surface area contributed by atoms with Gasteiger partial charge in [-0.2, -0.15) is 0 Å². The Bertz CT molecular complexity index is 2780. The molecule has 0 radical (unpaired) electrons. The average Bonchev–Trinajstić information content (AvgIpc) is 3.23. The minimum Gasteiger partial charge on any atom is -0.0622 e. The molecule has 0 aliphatic carbocycles. The second-order valence-electron chi connectivity index (χ2n) is 13.7. The van der Waals surface area contributed by atoms with Crippen molar-refractivity contribution in [2.75, 3.05) is 0 Å². The average molecular weight is 659 g/mol. The highest BCUT2D eigenvalue weighted by atomic mass is 14.2. The predicted octanol–water partition coefficient (Wildman–Crippen LogP) is 14.6. The van der Waals surface area contributed by atoms with E-state index in [0.29, 0.717) is 0 Å². The third-order valence-corrected chi connectivity index (χ3v) is 10.7. The Hall–Kier alpha value is -6.76. The van der Waals surface area contributed by atoms with Crippen molar-refractivity contribution in [2.24, 2.45) is 0 Å². The van der Waals surface area contributed by atoms with Crippen molar-refractivity contribution < 1.29 is 0 Å². The summed E-state index contributed by atoms with van der Waals surface area (Å²) in [6, 6.07) is 75.5. The second-order valence-corrected chi connectivity index (χ2v) is 13.7. The van der Waals surface area contributed by atoms with Gasteiger partial charge < -0.3 is 0 Å². The molecule has 0 nitrogen and oxygen atoms in total. The SMILES string of the molecule is c1ccc(-c2ccc3cc(-c4cccc5c(-c6ccc(-c7ccc8cc(-c9ccccc9)ccc8c7)c7ccccc67)cccc45)ccc3c2)cc1. The molecular weight excluding hydrogens is 625 g/mol. The van der Waals surface area contributed by atoms with Crippen LogP contribution in [0.3, 0.4) is 0 Å². The first-order valence-corrected chi connectivity index (χ1v) is 18.0. The largest absolute Gasteiger partial charge is 0.0622 e. The lowest BCUT2D eigenvalue weighted by molar-refractivity contribution is 1.63. The third kappa shape index (κ3) is 5.25. The number of hydrogen-bond donors (Lipinski definition) is 0. The minimum atomic E-state index is 1.23. The fraction of sp³-hybridized carbons (Fsp3) is 0. The van der Waals surface area contributed by atoms with Gasteiger partial charge in [0.15, 0.2) is 0 Å². The number of rotatable bonds is 5. The standard InChI is InChI=1S/C52H34/c1-3-11-35(12-4-1)37-21-23-41-33-43(27-25-39(41)31-37)45-17-9-19-50-48(45)18-10-20-51(50)52-30-29-46(47-15-7-8-16-49(47)52)44-28-26-40-32-38(22-24-42(40)34-44)36-13-5-2-6-14-36/h1-34H. The summed E-state index contributed by atoms with van der Waals surface area (Å²) in [7, 11) is 0. The molecular formula is C52H34. The van der Waals surface area contributed by atoms with E-state index in [0.717, 1.165) is 0 Å². The van der Waals surface area contributed by atoms with Gasteiger partial charge in [-0.05, 0) is 123 Å². The summed E-state index contributed by atoms with van der Waals surface area (Å²) in [5.41, 5.74) is 12.4. The van der Waals surface area contributed by atoms with Crippen LogP contribution < -0.4 is 0 Å². The van der Waals surface area contributed by atoms with Crippen LogP contribution in [-0.4, -0.2) is 0 Å². The molecule has 0 saturated heterocycles. The van der Waals surface area contributed by atoms with Crippen molar-refractivity contribution in [3.05, 3.63) is 206 Å². The van der Waals surface area contributed by atoms with E-state index in [1.165, 1.54) is 98.7 Å². The van der Waals surface area contributed by atoms with Crippen LogP contribution in [0.2, 0.25) is 0 Å². The summed E-state index contributed by atoms with van der Waals surface area (Å²) >= 11 is 0. The predicted molar refractivity (Wildman–Crippen MR) is 224 cm³/mol. The topological polar surface area (TPSA) is 0 Å². The quantitative estimate of drug-likeness (QED) is 0.173. The van der Waals surface area contributed by atoms with Crippen molar-refractivity contribution in [1.82, 2.24) is 0 Å². The third-order valence-electron chi connectivity index (χ3n) is 10.7. The van der Waals surface area contributed by atoms with Crippen LogP contribution >= 0.6 is 0 Å². The highest BCUT2D eigenvalue weighted by Gasteiger charge is 2.14. The molecule has 0 heterocycles. The lowest BCUT2D eigenvalue weighted by Gasteiger charge is -2.16. The molecule has 10 aromatic carbocycles. The Balaban J connectivity index is 1.05. The molecule has 0 aromatic heterocycles. The van der Waals surface area contributed by atoms with Crippen molar-refractivity contribution >= 4 is 43.1 Å². The van der Waals surface area contributed by atoms with E-state index >= 15 is 0 Å². The van der Waals surface area contributed by atoms with Gasteiger partial charge in [-0.15, -0.1) is 0 Å². The van der Waals surface area contributed by atoms with Gasteiger partial charge >= 0.3 is 0 Å². The summed E-state index contributed by atoms with van der Waals surface area (Å²) in [4.78, 5) is 0. The van der Waals surface area contributed by atoms with E-state index in [1.807, 2.05) is 0 Å². The zero-order chi connectivity index (χ0) is 34.4. The Morgan fingerprint density at radius 2 is 0.500 bits per heavy atom. The maximum absolute atomic E-state index is 2.34. The first-order chi connectivity index (χ1) is 25.8. The maximum Gasteiger partial charge on any atom is -0.00987 e. The Kier molecular flexibility index (Phi) is 7.25. The van der Waals surface area contributed by atoms with E-state index in [-0.39, 0.29) is 0 Å². The molecule has 0 N–H and O–H groups in total. The molecule has 0 fully saturated rings. The highest BCUT2D eigenvalue weighted by molar-refractivity contribution is 6.12. The fourth-order valence-corrected chi connectivity index (χ4v) is 8.03. The second kappa shape index (κ2) is 12.5. The summed E-state index contributed by atoms with van der Waals surface area (Å²) < 4.78 is 0. The van der Waals surface area contributed by atoms with Crippen molar-refractivity contribution in [3.8, 4) is 55.6 Å². The van der Waals surface area contributed by atoms with Gasteiger partial charge in [0, 0.05) is 0 Å². The molecule has 0 aliphatic heterocycles. The summed E-state index contributed by atoms with van der Waals surface area (Å²) in [5, 5.41) is 10.0. The van der Waals surface area contributed by atoms with E-state index in [1.54, 1.807) is 0 Å². The van der Waals surface area contributed by atoms with Gasteiger partial charge in [-0.3, -0.25) is 0 Å². The molecule has 0 bridgehead atoms. The number of benzene rings is 10. The van der Waals surface area contributed by atoms with Crippen LogP contribution in [0.15, 0.2) is 206 Å². The lowest BCUT2D eigenvalue weighted by atomic mass is 9.88.